The minimum absolute atomic E-state index is 0.419. The Kier molecular flexibility index (Phi) is 5.71. The van der Waals surface area contributed by atoms with Crippen molar-refractivity contribution >= 4 is 23.5 Å². The molecule has 0 atom stereocenters. The summed E-state index contributed by atoms with van der Waals surface area (Å²) in [5, 5.41) is 3.58. The number of hydrogen-bond acceptors (Lipinski definition) is 3. The molecule has 3 N–H and O–H groups in total. The summed E-state index contributed by atoms with van der Waals surface area (Å²) in [5.41, 5.74) is 5.71. The number of guanidine groups is 1. The summed E-state index contributed by atoms with van der Waals surface area (Å²) >= 11 is 1.87. The maximum absolute atomic E-state index is 5.71. The number of pyridine rings is 1. The van der Waals surface area contributed by atoms with Gasteiger partial charge in [-0.25, -0.2) is 4.98 Å². The van der Waals surface area contributed by atoms with Crippen LogP contribution in [0.1, 0.15) is 13.8 Å². The maximum Gasteiger partial charge on any atom is 0.194 e. The first-order chi connectivity index (χ1) is 7.68. The van der Waals surface area contributed by atoms with Gasteiger partial charge in [0.1, 0.15) is 5.82 Å². The molecule has 0 spiro atoms. The van der Waals surface area contributed by atoms with Gasteiger partial charge in [-0.2, -0.15) is 11.8 Å². The van der Waals surface area contributed by atoms with Crippen molar-refractivity contribution in [2.24, 2.45) is 10.7 Å². The summed E-state index contributed by atoms with van der Waals surface area (Å²) in [6, 6.07) is 5.61. The molecular formula is C11H18N4S. The van der Waals surface area contributed by atoms with Gasteiger partial charge in [0.2, 0.25) is 0 Å². The summed E-state index contributed by atoms with van der Waals surface area (Å²) in [6.07, 6.45) is 1.71. The molecule has 1 aromatic heterocycles. The second-order valence-corrected chi connectivity index (χ2v) is 5.21. The highest BCUT2D eigenvalue weighted by Crippen LogP contribution is 2.07. The fourth-order valence-corrected chi connectivity index (χ4v) is 1.73. The lowest BCUT2D eigenvalue weighted by molar-refractivity contribution is 1.08. The van der Waals surface area contributed by atoms with Crippen molar-refractivity contribution in [1.82, 2.24) is 4.98 Å². The lowest BCUT2D eigenvalue weighted by Gasteiger charge is -2.05. The zero-order valence-electron chi connectivity index (χ0n) is 9.68. The number of nitrogens with two attached hydrogens (primary N) is 1. The number of hydrogen-bond donors (Lipinski definition) is 2. The Morgan fingerprint density at radius 1 is 1.56 bits per heavy atom. The van der Waals surface area contributed by atoms with Crippen LogP contribution in [0.3, 0.4) is 0 Å². The van der Waals surface area contributed by atoms with E-state index in [-0.39, 0.29) is 0 Å². The van der Waals surface area contributed by atoms with Crippen LogP contribution in [0.2, 0.25) is 0 Å². The van der Waals surface area contributed by atoms with Crippen molar-refractivity contribution in [3.63, 3.8) is 0 Å². The molecule has 0 fully saturated rings. The van der Waals surface area contributed by atoms with Gasteiger partial charge < -0.3 is 11.1 Å². The summed E-state index contributed by atoms with van der Waals surface area (Å²) in [5.74, 6) is 2.13. The largest absolute Gasteiger partial charge is 0.370 e. The van der Waals surface area contributed by atoms with Crippen LogP contribution in [0.5, 0.6) is 0 Å². The number of aromatic nitrogens is 1. The molecule has 0 saturated carbocycles. The molecule has 0 aliphatic rings. The first kappa shape index (κ1) is 12.8. The minimum atomic E-state index is 0.419. The molecule has 0 unspecified atom stereocenters. The monoisotopic (exact) mass is 238 g/mol. The van der Waals surface area contributed by atoms with Crippen LogP contribution in [0.25, 0.3) is 0 Å². The number of aliphatic imine (C=N–C) groups is 1. The molecular weight excluding hydrogens is 220 g/mol. The molecule has 0 aromatic carbocycles. The fraction of sp³-hybridized carbons (Fsp3) is 0.455. The summed E-state index contributed by atoms with van der Waals surface area (Å²) in [7, 11) is 0. The minimum Gasteiger partial charge on any atom is -0.370 e. The Bertz CT molecular complexity index is 324. The molecule has 1 aromatic rings. The van der Waals surface area contributed by atoms with Crippen molar-refractivity contribution in [2.75, 3.05) is 17.6 Å². The second kappa shape index (κ2) is 7.11. The van der Waals surface area contributed by atoms with E-state index in [4.69, 9.17) is 5.73 Å². The predicted octanol–water partition coefficient (Wildman–Crippen LogP) is 1.95. The molecule has 0 radical (unpaired) electrons. The molecule has 4 nitrogen and oxygen atoms in total. The van der Waals surface area contributed by atoms with E-state index in [1.807, 2.05) is 30.0 Å². The van der Waals surface area contributed by atoms with E-state index in [1.54, 1.807) is 6.20 Å². The highest BCUT2D eigenvalue weighted by molar-refractivity contribution is 7.99. The summed E-state index contributed by atoms with van der Waals surface area (Å²) < 4.78 is 0. The third kappa shape index (κ3) is 5.60. The molecule has 0 saturated heterocycles. The smallest absolute Gasteiger partial charge is 0.194 e. The lowest BCUT2D eigenvalue weighted by Crippen LogP contribution is -2.23. The Morgan fingerprint density at radius 3 is 3.00 bits per heavy atom. The SMILES string of the molecule is CC(C)SCCN=C(N)Nc1ccccn1. The zero-order valence-corrected chi connectivity index (χ0v) is 10.5. The van der Waals surface area contributed by atoms with Crippen LogP contribution in [-0.4, -0.2) is 28.5 Å². The van der Waals surface area contributed by atoms with Crippen LogP contribution in [0.4, 0.5) is 5.82 Å². The van der Waals surface area contributed by atoms with E-state index in [1.165, 1.54) is 0 Å². The first-order valence-electron chi connectivity index (χ1n) is 5.28. The Labute approximate surface area is 101 Å². The van der Waals surface area contributed by atoms with Crippen LogP contribution in [0.15, 0.2) is 29.4 Å². The highest BCUT2D eigenvalue weighted by Gasteiger charge is 1.95. The van der Waals surface area contributed by atoms with Gasteiger partial charge in [-0.15, -0.1) is 0 Å². The van der Waals surface area contributed by atoms with Crippen molar-refractivity contribution in [2.45, 2.75) is 19.1 Å². The van der Waals surface area contributed by atoms with Crippen molar-refractivity contribution < 1.29 is 0 Å². The standard InChI is InChI=1S/C11H18N4S/c1-9(2)16-8-7-14-11(12)15-10-5-3-4-6-13-10/h3-6,9H,7-8H2,1-2H3,(H3,12,13,14,15). The van der Waals surface area contributed by atoms with E-state index >= 15 is 0 Å². The average molecular weight is 238 g/mol. The Balaban J connectivity index is 2.29. The second-order valence-electron chi connectivity index (χ2n) is 3.53. The van der Waals surface area contributed by atoms with E-state index in [0.717, 1.165) is 18.1 Å². The van der Waals surface area contributed by atoms with Gasteiger partial charge in [-0.3, -0.25) is 4.99 Å². The lowest BCUT2D eigenvalue weighted by atomic mass is 10.5. The molecule has 5 heteroatoms. The first-order valence-corrected chi connectivity index (χ1v) is 6.33. The molecule has 88 valence electrons. The molecule has 0 bridgehead atoms. The topological polar surface area (TPSA) is 63.3 Å². The molecule has 0 aliphatic carbocycles. The van der Waals surface area contributed by atoms with Crippen LogP contribution in [-0.2, 0) is 0 Å². The van der Waals surface area contributed by atoms with Gasteiger partial charge >= 0.3 is 0 Å². The van der Waals surface area contributed by atoms with Crippen molar-refractivity contribution in [3.8, 4) is 0 Å². The third-order valence-corrected chi connectivity index (χ3v) is 2.83. The number of nitrogens with zero attached hydrogens (tertiary/aromatic N) is 2. The van der Waals surface area contributed by atoms with Gasteiger partial charge in [-0.1, -0.05) is 19.9 Å². The van der Waals surface area contributed by atoms with Gasteiger partial charge in [0.05, 0.1) is 6.54 Å². The number of nitrogens with one attached hydrogen (secondary N) is 1. The van der Waals surface area contributed by atoms with E-state index in [2.05, 4.69) is 29.1 Å². The molecule has 1 heterocycles. The maximum atomic E-state index is 5.71. The van der Waals surface area contributed by atoms with Crippen LogP contribution in [0, 0.1) is 0 Å². The number of anilines is 1. The highest BCUT2D eigenvalue weighted by atomic mass is 32.2. The molecule has 16 heavy (non-hydrogen) atoms. The van der Waals surface area contributed by atoms with Crippen LogP contribution >= 0.6 is 11.8 Å². The van der Waals surface area contributed by atoms with Gasteiger partial charge in [-0.05, 0) is 17.4 Å². The summed E-state index contributed by atoms with van der Waals surface area (Å²) in [4.78, 5) is 8.31. The molecule has 0 amide bonds. The van der Waals surface area contributed by atoms with Crippen LogP contribution < -0.4 is 11.1 Å². The van der Waals surface area contributed by atoms with Gasteiger partial charge in [0.25, 0.3) is 0 Å². The fourth-order valence-electron chi connectivity index (χ4n) is 1.06. The number of rotatable bonds is 5. The molecule has 1 rings (SSSR count). The van der Waals surface area contributed by atoms with E-state index in [9.17, 15) is 0 Å². The Hall–Kier alpha value is -1.23. The summed E-state index contributed by atoms with van der Waals surface area (Å²) in [6.45, 7) is 5.07. The normalized spacial score (nSPS) is 11.8. The van der Waals surface area contributed by atoms with E-state index < -0.39 is 0 Å². The van der Waals surface area contributed by atoms with E-state index in [0.29, 0.717) is 11.2 Å². The van der Waals surface area contributed by atoms with Gasteiger partial charge in [0.15, 0.2) is 5.96 Å². The van der Waals surface area contributed by atoms with Crippen molar-refractivity contribution in [1.29, 1.82) is 0 Å². The van der Waals surface area contributed by atoms with Gasteiger partial charge in [0, 0.05) is 11.9 Å². The quantitative estimate of drug-likeness (QED) is 0.467. The molecule has 0 aliphatic heterocycles. The third-order valence-electron chi connectivity index (χ3n) is 1.75. The number of thioether (sulfide) groups is 1. The van der Waals surface area contributed by atoms with Crippen molar-refractivity contribution in [3.05, 3.63) is 24.4 Å². The Morgan fingerprint density at radius 2 is 2.38 bits per heavy atom. The predicted molar refractivity (Wildman–Crippen MR) is 71.9 cm³/mol. The average Bonchev–Trinajstić information content (AvgIpc) is 2.25. The zero-order chi connectivity index (χ0) is 11.8.